The first kappa shape index (κ1) is 26.2. The van der Waals surface area contributed by atoms with Crippen molar-refractivity contribution in [2.75, 3.05) is 25.0 Å². The lowest BCUT2D eigenvalue weighted by molar-refractivity contribution is -0.384. The molecule has 2 aromatic heterocycles. The van der Waals surface area contributed by atoms with Gasteiger partial charge < -0.3 is 15.0 Å². The van der Waals surface area contributed by atoms with Crippen molar-refractivity contribution in [1.82, 2.24) is 19.7 Å². The van der Waals surface area contributed by atoms with E-state index in [1.54, 1.807) is 0 Å². The fraction of sp³-hybridized carbons (Fsp3) is 0.208. The number of rotatable bonds is 6. The van der Waals surface area contributed by atoms with Crippen molar-refractivity contribution in [3.63, 3.8) is 0 Å². The molecule has 0 spiro atoms. The first-order valence-electron chi connectivity index (χ1n) is 11.3. The molecule has 1 aliphatic heterocycles. The van der Waals surface area contributed by atoms with E-state index in [2.05, 4.69) is 15.4 Å². The van der Waals surface area contributed by atoms with Crippen LogP contribution in [0.1, 0.15) is 5.69 Å². The molecular formula is C24H17ClF4N6O4. The number of alkyl halides is 3. The molecule has 15 heteroatoms. The zero-order valence-electron chi connectivity index (χ0n) is 19.7. The van der Waals surface area contributed by atoms with Gasteiger partial charge >= 0.3 is 12.3 Å². The third kappa shape index (κ3) is 5.27. The van der Waals surface area contributed by atoms with Crippen LogP contribution in [0, 0.1) is 15.9 Å². The van der Waals surface area contributed by atoms with Gasteiger partial charge in [-0.05, 0) is 30.3 Å². The van der Waals surface area contributed by atoms with E-state index in [1.165, 1.54) is 46.0 Å². The maximum absolute atomic E-state index is 13.9. The number of ether oxygens (including phenoxy) is 1. The maximum Gasteiger partial charge on any atom is 0.433 e. The Morgan fingerprint density at radius 3 is 2.64 bits per heavy atom. The quantitative estimate of drug-likeness (QED) is 0.187. The topological polar surface area (TPSA) is 115 Å². The van der Waals surface area contributed by atoms with Crippen LogP contribution < -0.4 is 10.1 Å². The van der Waals surface area contributed by atoms with Crippen LogP contribution in [0.2, 0.25) is 5.02 Å². The molecule has 202 valence electrons. The number of benzene rings is 2. The smallest absolute Gasteiger partial charge is 0.410 e. The third-order valence-corrected chi connectivity index (χ3v) is 6.40. The second-order valence-electron chi connectivity index (χ2n) is 8.87. The van der Waals surface area contributed by atoms with Gasteiger partial charge in [0, 0.05) is 28.7 Å². The predicted octanol–water partition coefficient (Wildman–Crippen LogP) is 5.47. The van der Waals surface area contributed by atoms with Gasteiger partial charge in [0.25, 0.3) is 5.69 Å². The molecule has 1 N–H and O–H groups in total. The number of halogens is 5. The minimum atomic E-state index is -4.71. The van der Waals surface area contributed by atoms with E-state index in [0.717, 1.165) is 24.5 Å². The molecule has 1 aliphatic rings. The number of non-ortho nitro benzene ring substituents is 1. The summed E-state index contributed by atoms with van der Waals surface area (Å²) in [6, 6.07) is 10.2. The Balaban J connectivity index is 1.39. The second kappa shape index (κ2) is 9.69. The monoisotopic (exact) mass is 564 g/mol. The average Bonchev–Trinajstić information content (AvgIpc) is 3.29. The van der Waals surface area contributed by atoms with Crippen LogP contribution >= 0.6 is 11.6 Å². The number of nitro groups is 1. The summed E-state index contributed by atoms with van der Waals surface area (Å²) in [6.07, 6.45) is -3.46. The van der Waals surface area contributed by atoms with Gasteiger partial charge in [0.15, 0.2) is 5.82 Å². The van der Waals surface area contributed by atoms with Crippen LogP contribution in [0.4, 0.5) is 33.7 Å². The SMILES string of the molecule is O=C(Oc1cccc([N+](=O)[O-])c1)N1CC(CNc2cc(C(F)(F)F)nc3ccc(Cl)cc23)(n2cc(F)cn2)C1. The van der Waals surface area contributed by atoms with Crippen molar-refractivity contribution < 1.29 is 32.0 Å². The van der Waals surface area contributed by atoms with E-state index in [9.17, 15) is 32.5 Å². The Morgan fingerprint density at radius 1 is 1.21 bits per heavy atom. The summed E-state index contributed by atoms with van der Waals surface area (Å²) in [5.74, 6) is -0.692. The maximum atomic E-state index is 13.9. The highest BCUT2D eigenvalue weighted by molar-refractivity contribution is 6.31. The van der Waals surface area contributed by atoms with Gasteiger partial charge in [0.2, 0.25) is 0 Å². The van der Waals surface area contributed by atoms with Crippen molar-refractivity contribution in [2.45, 2.75) is 11.7 Å². The lowest BCUT2D eigenvalue weighted by atomic mass is 9.90. The molecule has 2 aromatic carbocycles. The van der Waals surface area contributed by atoms with E-state index in [4.69, 9.17) is 16.3 Å². The first-order valence-corrected chi connectivity index (χ1v) is 11.6. The Morgan fingerprint density at radius 2 is 1.97 bits per heavy atom. The zero-order valence-corrected chi connectivity index (χ0v) is 20.4. The highest BCUT2D eigenvalue weighted by Crippen LogP contribution is 2.36. The fourth-order valence-electron chi connectivity index (χ4n) is 4.27. The van der Waals surface area contributed by atoms with Crippen molar-refractivity contribution in [2.24, 2.45) is 0 Å². The molecule has 0 bridgehead atoms. The number of nitrogens with zero attached hydrogens (tertiary/aromatic N) is 5. The average molecular weight is 565 g/mol. The predicted molar refractivity (Wildman–Crippen MR) is 131 cm³/mol. The molecule has 0 radical (unpaired) electrons. The number of amides is 1. The molecule has 0 saturated carbocycles. The molecule has 0 atom stereocenters. The standard InChI is InChI=1S/C24H17ClF4N6O4/c25-14-4-5-19-18(6-14)20(8-21(32-19)24(27,28)29)30-11-23(34-10-15(26)9-31-34)12-33(13-23)22(36)39-17-3-1-2-16(7-17)35(37)38/h1-10H,11-13H2,(H,30,32). The van der Waals surface area contributed by atoms with Crippen molar-refractivity contribution >= 4 is 40.0 Å². The second-order valence-corrected chi connectivity index (χ2v) is 9.31. The van der Waals surface area contributed by atoms with Gasteiger partial charge in [0.05, 0.1) is 42.0 Å². The number of fused-ring (bicyclic) bond motifs is 1. The number of carbonyl (C=O) groups excluding carboxylic acids is 1. The minimum absolute atomic E-state index is 0.0465. The molecule has 1 fully saturated rings. The number of nitro benzene ring substituents is 1. The highest BCUT2D eigenvalue weighted by atomic mass is 35.5. The molecule has 1 amide bonds. The number of likely N-dealkylation sites (tertiary alicyclic amines) is 1. The van der Waals surface area contributed by atoms with Gasteiger partial charge in [-0.1, -0.05) is 17.7 Å². The summed E-state index contributed by atoms with van der Waals surface area (Å²) in [5, 5.41) is 18.6. The minimum Gasteiger partial charge on any atom is -0.410 e. The Labute approximate surface area is 221 Å². The lowest BCUT2D eigenvalue weighted by Crippen LogP contribution is -2.67. The molecule has 0 unspecified atom stereocenters. The molecule has 10 nitrogen and oxygen atoms in total. The molecule has 0 aliphatic carbocycles. The summed E-state index contributed by atoms with van der Waals surface area (Å²) < 4.78 is 60.9. The van der Waals surface area contributed by atoms with Gasteiger partial charge in [-0.25, -0.2) is 14.2 Å². The fourth-order valence-corrected chi connectivity index (χ4v) is 4.44. The number of hydrogen-bond acceptors (Lipinski definition) is 7. The normalized spacial score (nSPS) is 14.6. The number of nitrogens with one attached hydrogen (secondary N) is 1. The van der Waals surface area contributed by atoms with Crippen LogP contribution in [-0.2, 0) is 11.7 Å². The highest BCUT2D eigenvalue weighted by Gasteiger charge is 2.48. The third-order valence-electron chi connectivity index (χ3n) is 6.17. The van der Waals surface area contributed by atoms with Crippen LogP contribution in [0.15, 0.2) is 60.9 Å². The summed E-state index contributed by atoms with van der Waals surface area (Å²) in [6.45, 7) is -0.160. The molecular weight excluding hydrogens is 548 g/mol. The van der Waals surface area contributed by atoms with Gasteiger partial charge in [-0.3, -0.25) is 14.8 Å². The Hall–Kier alpha value is -4.46. The largest absolute Gasteiger partial charge is 0.433 e. The van der Waals surface area contributed by atoms with E-state index in [0.29, 0.717) is 5.39 Å². The van der Waals surface area contributed by atoms with Gasteiger partial charge in [-0.15, -0.1) is 0 Å². The molecule has 3 heterocycles. The first-order chi connectivity index (χ1) is 18.4. The number of pyridine rings is 1. The van der Waals surface area contributed by atoms with Gasteiger partial charge in [0.1, 0.15) is 17.0 Å². The molecule has 1 saturated heterocycles. The summed E-state index contributed by atoms with van der Waals surface area (Å²) in [5.41, 5.74) is -2.29. The summed E-state index contributed by atoms with van der Waals surface area (Å²) in [7, 11) is 0. The molecule has 39 heavy (non-hydrogen) atoms. The zero-order chi connectivity index (χ0) is 27.9. The van der Waals surface area contributed by atoms with Crippen LogP contribution in [-0.4, -0.2) is 50.3 Å². The molecule has 5 rings (SSSR count). The van der Waals surface area contributed by atoms with E-state index in [-0.39, 0.29) is 47.3 Å². The lowest BCUT2D eigenvalue weighted by Gasteiger charge is -2.49. The van der Waals surface area contributed by atoms with Crippen LogP contribution in [0.5, 0.6) is 5.75 Å². The van der Waals surface area contributed by atoms with Crippen molar-refractivity contribution in [1.29, 1.82) is 0 Å². The van der Waals surface area contributed by atoms with Gasteiger partial charge in [-0.2, -0.15) is 18.3 Å². The van der Waals surface area contributed by atoms with Crippen molar-refractivity contribution in [3.05, 3.63) is 87.6 Å². The van der Waals surface area contributed by atoms with Crippen molar-refractivity contribution in [3.8, 4) is 5.75 Å². The number of anilines is 1. The van der Waals surface area contributed by atoms with E-state index < -0.39 is 34.2 Å². The number of hydrogen-bond donors (Lipinski definition) is 1. The Bertz CT molecular complexity index is 1590. The van der Waals surface area contributed by atoms with Crippen LogP contribution in [0.25, 0.3) is 10.9 Å². The van der Waals surface area contributed by atoms with E-state index >= 15 is 0 Å². The number of carbonyl (C=O) groups is 1. The molecule has 4 aromatic rings. The summed E-state index contributed by atoms with van der Waals surface area (Å²) in [4.78, 5) is 28.0. The van der Waals surface area contributed by atoms with E-state index in [1.807, 2.05) is 0 Å². The Kier molecular flexibility index (Phi) is 6.50. The number of aromatic nitrogens is 3. The van der Waals surface area contributed by atoms with Crippen LogP contribution in [0.3, 0.4) is 0 Å². The summed E-state index contributed by atoms with van der Waals surface area (Å²) >= 11 is 6.07.